The molecule has 0 spiro atoms. The van der Waals surface area contributed by atoms with Crippen LogP contribution in [0.4, 0.5) is 5.69 Å². The molecule has 3 aliphatic rings. The number of fused-ring (bicyclic) bond motifs is 5. The van der Waals surface area contributed by atoms with E-state index in [9.17, 15) is 19.5 Å². The summed E-state index contributed by atoms with van der Waals surface area (Å²) in [7, 11) is 0. The Hall–Kier alpha value is -3.56. The maximum absolute atomic E-state index is 13.8. The molecule has 3 aliphatic heterocycles. The van der Waals surface area contributed by atoms with Gasteiger partial charge in [-0.2, -0.15) is 0 Å². The second-order valence-electron chi connectivity index (χ2n) is 10.9. The van der Waals surface area contributed by atoms with Crippen molar-refractivity contribution in [1.82, 2.24) is 20.2 Å². The van der Waals surface area contributed by atoms with E-state index in [1.54, 1.807) is 55.1 Å². The van der Waals surface area contributed by atoms with Crippen molar-refractivity contribution < 1.29 is 14.7 Å². The Bertz CT molecular complexity index is 1500. The van der Waals surface area contributed by atoms with E-state index in [1.165, 1.54) is 4.57 Å². The van der Waals surface area contributed by atoms with Gasteiger partial charge in [0.05, 0.1) is 28.2 Å². The maximum atomic E-state index is 13.8. The number of rotatable bonds is 3. The number of carbonyl (C=O) groups is 2. The highest BCUT2D eigenvalue weighted by Gasteiger charge is 2.61. The summed E-state index contributed by atoms with van der Waals surface area (Å²) < 4.78 is 1.46. The molecule has 1 saturated heterocycles. The summed E-state index contributed by atoms with van der Waals surface area (Å²) in [6.07, 6.45) is -0.883. The molecule has 9 nitrogen and oxygen atoms in total. The minimum atomic E-state index is -1.62. The molecule has 6 rings (SSSR count). The van der Waals surface area contributed by atoms with Crippen molar-refractivity contribution in [1.29, 1.82) is 0 Å². The predicted octanol–water partition coefficient (Wildman–Crippen LogP) is 2.10. The van der Waals surface area contributed by atoms with Crippen LogP contribution in [0.1, 0.15) is 57.6 Å². The fraction of sp³-hybridized carbons (Fsp3) is 0.407. The van der Waals surface area contributed by atoms with Crippen molar-refractivity contribution in [3.05, 3.63) is 70.3 Å². The number of carbonyl (C=O) groups excluding carboxylic acids is 2. The van der Waals surface area contributed by atoms with Crippen LogP contribution in [0.5, 0.6) is 0 Å². The lowest BCUT2D eigenvalue weighted by atomic mass is 9.84. The number of hydrogen-bond acceptors (Lipinski definition) is 6. The molecule has 0 bridgehead atoms. The lowest BCUT2D eigenvalue weighted by Gasteiger charge is -2.39. The van der Waals surface area contributed by atoms with Gasteiger partial charge in [0.25, 0.3) is 5.56 Å². The van der Waals surface area contributed by atoms with Crippen LogP contribution in [0.25, 0.3) is 10.9 Å². The Kier molecular flexibility index (Phi) is 4.75. The van der Waals surface area contributed by atoms with Crippen molar-refractivity contribution in [2.24, 2.45) is 5.92 Å². The summed E-state index contributed by atoms with van der Waals surface area (Å²) in [4.78, 5) is 47.0. The molecular formula is C27H29N5O4. The van der Waals surface area contributed by atoms with Crippen LogP contribution in [0.2, 0.25) is 0 Å². The molecule has 0 unspecified atom stereocenters. The summed E-state index contributed by atoms with van der Waals surface area (Å²) in [5.41, 5.74) is -1.11. The molecule has 1 aromatic heterocycles. The standard InChI is InChI=1S/C27H29N5O4/c1-14(2)20-21-28-17-11-7-5-9-15(17)23(34)31(21)19(22(33)29-20)13-27(36)16-10-6-8-12-18(16)32-24(27)30-26(3,4)25(32)35/h5-12,14,19-20,24,30,36H,13H2,1-4H3,(H,29,33)/t19-,20+,24+,27-/m1/s1. The van der Waals surface area contributed by atoms with Crippen LogP contribution >= 0.6 is 0 Å². The van der Waals surface area contributed by atoms with Crippen molar-refractivity contribution in [2.75, 3.05) is 4.90 Å². The van der Waals surface area contributed by atoms with E-state index >= 15 is 0 Å². The third-order valence-corrected chi connectivity index (χ3v) is 7.79. The largest absolute Gasteiger partial charge is 0.381 e. The summed E-state index contributed by atoms with van der Waals surface area (Å²) >= 11 is 0. The van der Waals surface area contributed by atoms with Gasteiger partial charge >= 0.3 is 0 Å². The van der Waals surface area contributed by atoms with E-state index in [4.69, 9.17) is 4.98 Å². The minimum absolute atomic E-state index is 0.00471. The molecular weight excluding hydrogens is 458 g/mol. The average molecular weight is 488 g/mol. The summed E-state index contributed by atoms with van der Waals surface area (Å²) in [5, 5.41) is 19.0. The van der Waals surface area contributed by atoms with Gasteiger partial charge in [0.15, 0.2) is 0 Å². The third-order valence-electron chi connectivity index (χ3n) is 7.79. The quantitative estimate of drug-likeness (QED) is 0.521. The van der Waals surface area contributed by atoms with Gasteiger partial charge in [0, 0.05) is 12.0 Å². The first-order valence-electron chi connectivity index (χ1n) is 12.3. The molecule has 2 aromatic carbocycles. The molecule has 3 aromatic rings. The molecule has 1 fully saturated rings. The number of hydrogen-bond donors (Lipinski definition) is 3. The average Bonchev–Trinajstić information content (AvgIpc) is 3.23. The Balaban J connectivity index is 1.54. The van der Waals surface area contributed by atoms with Gasteiger partial charge in [-0.1, -0.05) is 44.2 Å². The lowest BCUT2D eigenvalue weighted by Crippen LogP contribution is -2.55. The van der Waals surface area contributed by atoms with Crippen LogP contribution in [0.15, 0.2) is 53.3 Å². The molecule has 4 heterocycles. The molecule has 4 atom stereocenters. The van der Waals surface area contributed by atoms with Crippen molar-refractivity contribution >= 4 is 28.4 Å². The van der Waals surface area contributed by atoms with Crippen LogP contribution in [0, 0.1) is 5.92 Å². The number of anilines is 1. The molecule has 0 saturated carbocycles. The van der Waals surface area contributed by atoms with Crippen LogP contribution < -0.4 is 21.1 Å². The molecule has 2 amide bonds. The molecule has 9 heteroatoms. The number of aliphatic hydroxyl groups is 1. The van der Waals surface area contributed by atoms with Gasteiger partial charge in [0.2, 0.25) is 11.8 Å². The van der Waals surface area contributed by atoms with Crippen molar-refractivity contribution in [2.45, 2.75) is 63.5 Å². The fourth-order valence-corrected chi connectivity index (χ4v) is 5.95. The lowest BCUT2D eigenvalue weighted by molar-refractivity contribution is -0.130. The number of nitrogens with zero attached hydrogens (tertiary/aromatic N) is 3. The maximum Gasteiger partial charge on any atom is 0.262 e. The smallest absolute Gasteiger partial charge is 0.262 e. The highest BCUT2D eigenvalue weighted by molar-refractivity contribution is 6.05. The van der Waals surface area contributed by atoms with Crippen molar-refractivity contribution in [3.63, 3.8) is 0 Å². The predicted molar refractivity (Wildman–Crippen MR) is 134 cm³/mol. The van der Waals surface area contributed by atoms with E-state index < -0.39 is 29.4 Å². The van der Waals surface area contributed by atoms with E-state index in [0.717, 1.165) is 0 Å². The second-order valence-corrected chi connectivity index (χ2v) is 10.9. The zero-order valence-corrected chi connectivity index (χ0v) is 20.6. The van der Waals surface area contributed by atoms with E-state index in [2.05, 4.69) is 10.6 Å². The first kappa shape index (κ1) is 22.9. The Morgan fingerprint density at radius 3 is 2.50 bits per heavy atom. The van der Waals surface area contributed by atoms with Gasteiger partial charge in [-0.15, -0.1) is 0 Å². The van der Waals surface area contributed by atoms with Gasteiger partial charge in [-0.25, -0.2) is 4.98 Å². The zero-order chi connectivity index (χ0) is 25.6. The van der Waals surface area contributed by atoms with Crippen molar-refractivity contribution in [3.8, 4) is 0 Å². The Labute approximate surface area is 208 Å². The molecule has 186 valence electrons. The van der Waals surface area contributed by atoms with Gasteiger partial charge in [-0.3, -0.25) is 29.2 Å². The number of nitrogens with one attached hydrogen (secondary N) is 2. The van der Waals surface area contributed by atoms with Crippen LogP contribution in [-0.4, -0.2) is 38.2 Å². The molecule has 36 heavy (non-hydrogen) atoms. The zero-order valence-electron chi connectivity index (χ0n) is 20.6. The number of aromatic nitrogens is 2. The van der Waals surface area contributed by atoms with Gasteiger partial charge < -0.3 is 10.4 Å². The number of amides is 2. The highest BCUT2D eigenvalue weighted by Crippen LogP contribution is 2.50. The van der Waals surface area contributed by atoms with Gasteiger partial charge in [-0.05, 0) is 38.0 Å². The number of benzene rings is 2. The van der Waals surface area contributed by atoms with Gasteiger partial charge in [0.1, 0.15) is 23.6 Å². The second kappa shape index (κ2) is 7.47. The van der Waals surface area contributed by atoms with Crippen LogP contribution in [0.3, 0.4) is 0 Å². The molecule has 0 radical (unpaired) electrons. The normalized spacial score (nSPS) is 28.3. The monoisotopic (exact) mass is 487 g/mol. The van der Waals surface area contributed by atoms with Crippen LogP contribution in [-0.2, 0) is 15.2 Å². The first-order chi connectivity index (χ1) is 17.0. The van der Waals surface area contributed by atoms with E-state index in [1.807, 2.05) is 26.0 Å². The SMILES string of the molecule is CC(C)[C@@H]1NC(=O)[C@@H](C[C@@]2(O)c3ccccc3N3C(=O)C(C)(C)N[C@@H]32)n2c1nc1ccccc1c2=O. The Morgan fingerprint density at radius 1 is 1.06 bits per heavy atom. The number of para-hydroxylation sites is 2. The molecule has 3 N–H and O–H groups in total. The highest BCUT2D eigenvalue weighted by atomic mass is 16.3. The molecule has 0 aliphatic carbocycles. The van der Waals surface area contributed by atoms with E-state index in [0.29, 0.717) is 28.0 Å². The first-order valence-corrected chi connectivity index (χ1v) is 12.3. The minimum Gasteiger partial charge on any atom is -0.381 e. The Morgan fingerprint density at radius 2 is 1.75 bits per heavy atom. The summed E-state index contributed by atoms with van der Waals surface area (Å²) in [6, 6.07) is 12.8. The van der Waals surface area contributed by atoms with E-state index in [-0.39, 0.29) is 29.7 Å². The fourth-order valence-electron chi connectivity index (χ4n) is 5.95. The summed E-state index contributed by atoms with van der Waals surface area (Å²) in [5.74, 6) is -0.0434. The summed E-state index contributed by atoms with van der Waals surface area (Å²) in [6.45, 7) is 7.47. The third kappa shape index (κ3) is 2.96. The topological polar surface area (TPSA) is 117 Å².